The molecule has 4 N–H and O–H groups in total. The van der Waals surface area contributed by atoms with Crippen molar-refractivity contribution in [2.24, 2.45) is 5.73 Å². The number of aromatic nitrogens is 2. The van der Waals surface area contributed by atoms with E-state index in [9.17, 15) is 9.59 Å². The first-order valence-electron chi connectivity index (χ1n) is 8.55. The molecule has 3 rings (SSSR count). The molecule has 0 aliphatic heterocycles. The van der Waals surface area contributed by atoms with E-state index < -0.39 is 5.54 Å². The average Bonchev–Trinajstić information content (AvgIpc) is 3.25. The number of amides is 2. The highest BCUT2D eigenvalue weighted by molar-refractivity contribution is 5.98. The lowest BCUT2D eigenvalue weighted by Crippen LogP contribution is -2.48. The second kappa shape index (κ2) is 7.57. The summed E-state index contributed by atoms with van der Waals surface area (Å²) in [6.07, 6.45) is 6.44. The summed E-state index contributed by atoms with van der Waals surface area (Å²) < 4.78 is 6.54. The van der Waals surface area contributed by atoms with Gasteiger partial charge in [-0.25, -0.2) is 0 Å². The summed E-state index contributed by atoms with van der Waals surface area (Å²) in [7, 11) is 1.58. The van der Waals surface area contributed by atoms with Crippen molar-refractivity contribution in [3.63, 3.8) is 0 Å². The second-order valence-electron chi connectivity index (χ2n) is 6.52. The normalized spacial score (nSPS) is 15.5. The third-order valence-corrected chi connectivity index (χ3v) is 4.52. The van der Waals surface area contributed by atoms with Crippen molar-refractivity contribution >= 4 is 23.2 Å². The molecule has 2 aromatic rings. The fraction of sp³-hybridized carbons (Fsp3) is 0.389. The van der Waals surface area contributed by atoms with Crippen molar-refractivity contribution in [2.75, 3.05) is 17.7 Å². The van der Waals surface area contributed by atoms with Crippen LogP contribution in [0.1, 0.15) is 25.7 Å². The fourth-order valence-corrected chi connectivity index (χ4v) is 3.03. The molecule has 0 spiro atoms. The molecule has 0 bridgehead atoms. The maximum atomic E-state index is 12.3. The van der Waals surface area contributed by atoms with E-state index in [1.165, 1.54) is 10.9 Å². The second-order valence-corrected chi connectivity index (χ2v) is 6.52. The molecule has 1 aromatic carbocycles. The van der Waals surface area contributed by atoms with E-state index in [-0.39, 0.29) is 18.4 Å². The number of nitrogens with one attached hydrogen (secondary N) is 2. The van der Waals surface area contributed by atoms with Crippen LogP contribution >= 0.6 is 0 Å². The molecular weight excluding hydrogens is 334 g/mol. The third kappa shape index (κ3) is 4.20. The van der Waals surface area contributed by atoms with Crippen LogP contribution in [-0.2, 0) is 16.1 Å². The SMILES string of the molecule is COc1ccc(NC(=O)Cn2cc(NC(=O)C3(N)CCCC3)cn2)cc1. The Morgan fingerprint density at radius 1 is 1.19 bits per heavy atom. The first-order chi connectivity index (χ1) is 12.5. The molecule has 8 heteroatoms. The van der Waals surface area contributed by atoms with Crippen LogP contribution in [0.3, 0.4) is 0 Å². The molecular formula is C18H23N5O3. The summed E-state index contributed by atoms with van der Waals surface area (Å²) in [5.41, 5.74) is 6.54. The highest BCUT2D eigenvalue weighted by atomic mass is 16.5. The zero-order valence-electron chi connectivity index (χ0n) is 14.7. The Labute approximate surface area is 151 Å². The van der Waals surface area contributed by atoms with E-state index in [1.54, 1.807) is 37.6 Å². The maximum Gasteiger partial charge on any atom is 0.246 e. The van der Waals surface area contributed by atoms with Crippen molar-refractivity contribution in [1.29, 1.82) is 0 Å². The standard InChI is InChI=1S/C18H23N5O3/c1-26-15-6-4-13(5-7-15)21-16(24)12-23-11-14(10-20-23)22-17(25)18(19)8-2-3-9-18/h4-7,10-11H,2-3,8-9,12,19H2,1H3,(H,21,24)(H,22,25). The van der Waals surface area contributed by atoms with Gasteiger partial charge in [0.2, 0.25) is 11.8 Å². The summed E-state index contributed by atoms with van der Waals surface area (Å²) in [5.74, 6) is 0.301. The Balaban J connectivity index is 1.54. The van der Waals surface area contributed by atoms with Crippen LogP contribution in [0.15, 0.2) is 36.7 Å². The molecule has 138 valence electrons. The molecule has 0 saturated heterocycles. The van der Waals surface area contributed by atoms with Crippen molar-refractivity contribution in [3.8, 4) is 5.75 Å². The van der Waals surface area contributed by atoms with Gasteiger partial charge in [0.25, 0.3) is 0 Å². The topological polar surface area (TPSA) is 111 Å². The van der Waals surface area contributed by atoms with E-state index in [1.807, 2.05) is 0 Å². The number of carbonyl (C=O) groups is 2. The predicted octanol–water partition coefficient (Wildman–Crippen LogP) is 1.74. The van der Waals surface area contributed by atoms with Gasteiger partial charge in [-0.1, -0.05) is 12.8 Å². The van der Waals surface area contributed by atoms with E-state index >= 15 is 0 Å². The van der Waals surface area contributed by atoms with Gasteiger partial charge in [-0.05, 0) is 37.1 Å². The zero-order chi connectivity index (χ0) is 18.6. The number of nitrogens with two attached hydrogens (primary N) is 1. The molecule has 1 fully saturated rings. The highest BCUT2D eigenvalue weighted by Crippen LogP contribution is 2.28. The number of rotatable bonds is 6. The zero-order valence-corrected chi connectivity index (χ0v) is 14.7. The van der Waals surface area contributed by atoms with Crippen molar-refractivity contribution in [1.82, 2.24) is 9.78 Å². The van der Waals surface area contributed by atoms with Gasteiger partial charge >= 0.3 is 0 Å². The van der Waals surface area contributed by atoms with Crippen LogP contribution in [-0.4, -0.2) is 34.2 Å². The van der Waals surface area contributed by atoms with Crippen LogP contribution in [0.25, 0.3) is 0 Å². The summed E-state index contributed by atoms with van der Waals surface area (Å²) >= 11 is 0. The molecule has 1 aliphatic rings. The number of hydrogen-bond acceptors (Lipinski definition) is 5. The largest absolute Gasteiger partial charge is 0.497 e. The number of hydrogen-bond donors (Lipinski definition) is 3. The first-order valence-corrected chi connectivity index (χ1v) is 8.55. The Bertz CT molecular complexity index is 778. The molecule has 2 amide bonds. The van der Waals surface area contributed by atoms with Crippen molar-refractivity contribution in [3.05, 3.63) is 36.7 Å². The molecule has 0 unspecified atom stereocenters. The summed E-state index contributed by atoms with van der Waals surface area (Å²) in [4.78, 5) is 24.4. The van der Waals surface area contributed by atoms with Gasteiger partial charge < -0.3 is 21.1 Å². The Morgan fingerprint density at radius 2 is 1.88 bits per heavy atom. The van der Waals surface area contributed by atoms with Gasteiger partial charge in [-0.3, -0.25) is 14.3 Å². The fourth-order valence-electron chi connectivity index (χ4n) is 3.03. The lowest BCUT2D eigenvalue weighted by Gasteiger charge is -2.21. The van der Waals surface area contributed by atoms with Crippen LogP contribution < -0.4 is 21.1 Å². The van der Waals surface area contributed by atoms with E-state index in [4.69, 9.17) is 10.5 Å². The summed E-state index contributed by atoms with van der Waals surface area (Å²) in [6, 6.07) is 7.05. The Hall–Kier alpha value is -2.87. The molecule has 26 heavy (non-hydrogen) atoms. The number of ether oxygens (including phenoxy) is 1. The lowest BCUT2D eigenvalue weighted by molar-refractivity contribution is -0.121. The number of anilines is 2. The number of benzene rings is 1. The molecule has 1 saturated carbocycles. The minimum absolute atomic E-state index is 0.0374. The summed E-state index contributed by atoms with van der Waals surface area (Å²) in [5, 5.41) is 9.68. The van der Waals surface area contributed by atoms with Crippen LogP contribution in [0.2, 0.25) is 0 Å². The quantitative estimate of drug-likeness (QED) is 0.729. The minimum Gasteiger partial charge on any atom is -0.497 e. The number of carbonyl (C=O) groups excluding carboxylic acids is 2. The van der Waals surface area contributed by atoms with Gasteiger partial charge in [0.05, 0.1) is 24.5 Å². The molecule has 1 aromatic heterocycles. The van der Waals surface area contributed by atoms with E-state index in [2.05, 4.69) is 15.7 Å². The summed E-state index contributed by atoms with van der Waals surface area (Å²) in [6.45, 7) is 0.0374. The van der Waals surface area contributed by atoms with E-state index in [0.717, 1.165) is 18.6 Å². The smallest absolute Gasteiger partial charge is 0.246 e. The third-order valence-electron chi connectivity index (χ3n) is 4.52. The van der Waals surface area contributed by atoms with Crippen LogP contribution in [0, 0.1) is 0 Å². The molecule has 0 radical (unpaired) electrons. The highest BCUT2D eigenvalue weighted by Gasteiger charge is 2.37. The average molecular weight is 357 g/mol. The van der Waals surface area contributed by atoms with E-state index in [0.29, 0.717) is 24.2 Å². The Kier molecular flexibility index (Phi) is 5.22. The minimum atomic E-state index is -0.798. The first kappa shape index (κ1) is 17.9. The molecule has 1 heterocycles. The van der Waals surface area contributed by atoms with Gasteiger partial charge in [0.15, 0.2) is 0 Å². The monoisotopic (exact) mass is 357 g/mol. The molecule has 0 atom stereocenters. The van der Waals surface area contributed by atoms with Gasteiger partial charge in [0, 0.05) is 11.9 Å². The van der Waals surface area contributed by atoms with Crippen LogP contribution in [0.5, 0.6) is 5.75 Å². The van der Waals surface area contributed by atoms with Gasteiger partial charge in [-0.2, -0.15) is 5.10 Å². The molecule has 8 nitrogen and oxygen atoms in total. The molecule has 1 aliphatic carbocycles. The van der Waals surface area contributed by atoms with Crippen LogP contribution in [0.4, 0.5) is 11.4 Å². The van der Waals surface area contributed by atoms with Crippen molar-refractivity contribution in [2.45, 2.75) is 37.8 Å². The predicted molar refractivity (Wildman–Crippen MR) is 97.9 cm³/mol. The number of nitrogens with zero attached hydrogens (tertiary/aromatic N) is 2. The lowest BCUT2D eigenvalue weighted by atomic mass is 9.98. The van der Waals surface area contributed by atoms with Crippen molar-refractivity contribution < 1.29 is 14.3 Å². The maximum absolute atomic E-state index is 12.3. The van der Waals surface area contributed by atoms with Gasteiger partial charge in [0.1, 0.15) is 12.3 Å². The van der Waals surface area contributed by atoms with Gasteiger partial charge in [-0.15, -0.1) is 0 Å². The number of methoxy groups -OCH3 is 1. The Morgan fingerprint density at radius 3 is 2.54 bits per heavy atom.